The van der Waals surface area contributed by atoms with E-state index in [0.29, 0.717) is 6.54 Å². The van der Waals surface area contributed by atoms with E-state index in [1.165, 1.54) is 10.5 Å². The molecule has 0 radical (unpaired) electrons. The number of halogens is 1. The molecule has 0 saturated carbocycles. The first kappa shape index (κ1) is 18.9. The topological polar surface area (TPSA) is 50.1 Å². The zero-order valence-electron chi connectivity index (χ0n) is 15.2. The zero-order valence-corrected chi connectivity index (χ0v) is 16.0. The Hall–Kier alpha value is -1.88. The van der Waals surface area contributed by atoms with Gasteiger partial charge in [-0.3, -0.25) is 4.79 Å². The molecule has 2 aromatic rings. The van der Waals surface area contributed by atoms with E-state index in [2.05, 4.69) is 36.5 Å². The van der Waals surface area contributed by atoms with Crippen LogP contribution in [0.5, 0.6) is 0 Å². The zero-order chi connectivity index (χ0) is 18.4. The largest absolute Gasteiger partial charge is 0.343 e. The number of rotatable bonds is 7. The van der Waals surface area contributed by atoms with Crippen LogP contribution in [-0.2, 0) is 11.3 Å². The Morgan fingerprint density at radius 1 is 1.23 bits per heavy atom. The smallest absolute Gasteiger partial charge is 0.275 e. The highest BCUT2D eigenvalue weighted by molar-refractivity contribution is 6.31. The predicted octanol–water partition coefficient (Wildman–Crippen LogP) is 0.938. The third-order valence-electron chi connectivity index (χ3n) is 5.10. The van der Waals surface area contributed by atoms with Gasteiger partial charge in [-0.25, -0.2) is 0 Å². The van der Waals surface area contributed by atoms with Crippen molar-refractivity contribution in [2.45, 2.75) is 32.0 Å². The van der Waals surface area contributed by atoms with Crippen LogP contribution in [0.25, 0.3) is 0 Å². The molecule has 1 saturated heterocycles. The second-order valence-electron chi connectivity index (χ2n) is 7.17. The van der Waals surface area contributed by atoms with Gasteiger partial charge in [0.2, 0.25) is 0 Å². The fourth-order valence-corrected chi connectivity index (χ4v) is 3.95. The van der Waals surface area contributed by atoms with Gasteiger partial charge < -0.3 is 15.5 Å². The molecular formula is C21H28ClN3O+2. The van der Waals surface area contributed by atoms with Crippen LogP contribution >= 0.6 is 11.6 Å². The van der Waals surface area contributed by atoms with Gasteiger partial charge in [-0.2, -0.15) is 0 Å². The first-order valence-electron chi connectivity index (χ1n) is 9.36. The van der Waals surface area contributed by atoms with Gasteiger partial charge in [0, 0.05) is 22.6 Å². The van der Waals surface area contributed by atoms with Gasteiger partial charge in [0.15, 0.2) is 6.54 Å². The Morgan fingerprint density at radius 2 is 1.96 bits per heavy atom. The van der Waals surface area contributed by atoms with Crippen LogP contribution in [-0.4, -0.2) is 31.6 Å². The fraction of sp³-hybridized carbons (Fsp3) is 0.381. The summed E-state index contributed by atoms with van der Waals surface area (Å²) in [6, 6.07) is 18.8. The summed E-state index contributed by atoms with van der Waals surface area (Å²) in [5.74, 6) is 0.106. The maximum absolute atomic E-state index is 12.3. The number of nitrogens with two attached hydrogens (primary N) is 1. The summed E-state index contributed by atoms with van der Waals surface area (Å²) >= 11 is 6.23. The van der Waals surface area contributed by atoms with E-state index in [1.54, 1.807) is 0 Å². The Balaban J connectivity index is 1.41. The number of hydrogen-bond acceptors (Lipinski definition) is 1. The van der Waals surface area contributed by atoms with Gasteiger partial charge in [-0.05, 0) is 13.0 Å². The second kappa shape index (κ2) is 9.17. The molecule has 138 valence electrons. The minimum Gasteiger partial charge on any atom is -0.343 e. The lowest BCUT2D eigenvalue weighted by atomic mass is 10.1. The van der Waals surface area contributed by atoms with Crippen LogP contribution < -0.4 is 15.5 Å². The molecule has 1 amide bonds. The average molecular weight is 374 g/mol. The summed E-state index contributed by atoms with van der Waals surface area (Å²) in [6.45, 7) is 5.65. The van der Waals surface area contributed by atoms with Crippen molar-refractivity contribution in [2.24, 2.45) is 0 Å². The monoisotopic (exact) mass is 373 g/mol. The number of nitrogens with one attached hydrogen (secondary N) is 2. The number of likely N-dealkylation sites (tertiary alicyclic amines) is 1. The van der Waals surface area contributed by atoms with Gasteiger partial charge in [0.05, 0.1) is 19.1 Å². The average Bonchev–Trinajstić information content (AvgIpc) is 3.07. The van der Waals surface area contributed by atoms with Gasteiger partial charge >= 0.3 is 0 Å². The molecule has 0 aliphatic carbocycles. The summed E-state index contributed by atoms with van der Waals surface area (Å²) in [4.78, 5) is 13.8. The van der Waals surface area contributed by atoms with Crippen LogP contribution in [0, 0.1) is 0 Å². The van der Waals surface area contributed by atoms with E-state index in [-0.39, 0.29) is 18.0 Å². The third kappa shape index (κ3) is 5.31. The summed E-state index contributed by atoms with van der Waals surface area (Å²) in [7, 11) is 0. The van der Waals surface area contributed by atoms with E-state index in [4.69, 9.17) is 11.6 Å². The number of carbonyl (C=O) groups is 1. The molecule has 4 N–H and O–H groups in total. The molecule has 1 unspecified atom stereocenters. The SMILES string of the molecule is C[C@H]([NH2+]CC(=O)N[C@H]1CC[NH+](Cc2ccccc2)C1)c1ccccc1Cl. The number of amides is 1. The molecule has 1 aliphatic heterocycles. The number of carbonyl (C=O) groups excluding carboxylic acids is 1. The molecule has 2 aromatic carbocycles. The lowest BCUT2D eigenvalue weighted by Gasteiger charge is -2.15. The highest BCUT2D eigenvalue weighted by Crippen LogP contribution is 2.19. The van der Waals surface area contributed by atoms with E-state index >= 15 is 0 Å². The Labute approximate surface area is 160 Å². The van der Waals surface area contributed by atoms with Crippen LogP contribution in [0.2, 0.25) is 5.02 Å². The van der Waals surface area contributed by atoms with E-state index < -0.39 is 0 Å². The molecule has 0 bridgehead atoms. The molecule has 5 heteroatoms. The Bertz CT molecular complexity index is 722. The van der Waals surface area contributed by atoms with Crippen molar-refractivity contribution in [3.8, 4) is 0 Å². The molecule has 4 nitrogen and oxygen atoms in total. The van der Waals surface area contributed by atoms with Crippen molar-refractivity contribution >= 4 is 17.5 Å². The fourth-order valence-electron chi connectivity index (χ4n) is 3.64. The van der Waals surface area contributed by atoms with Crippen LogP contribution in [0.3, 0.4) is 0 Å². The summed E-state index contributed by atoms with van der Waals surface area (Å²) in [5, 5.41) is 5.99. The van der Waals surface area contributed by atoms with Crippen molar-refractivity contribution in [3.05, 3.63) is 70.7 Å². The number of hydrogen-bond donors (Lipinski definition) is 3. The molecule has 26 heavy (non-hydrogen) atoms. The molecule has 1 heterocycles. The van der Waals surface area contributed by atoms with Crippen molar-refractivity contribution < 1.29 is 15.0 Å². The Kier molecular flexibility index (Phi) is 6.67. The molecule has 1 aliphatic rings. The number of quaternary nitrogens is 2. The standard InChI is InChI=1S/C21H26ClN3O/c1-16(19-9-5-6-10-20(19)22)23-13-21(26)24-18-11-12-25(15-18)14-17-7-3-2-4-8-17/h2-10,16,18,23H,11-15H2,1H3,(H,24,26)/p+2/t16-,18-/m0/s1. The normalized spacial score (nSPS) is 20.7. The molecule has 0 spiro atoms. The Morgan fingerprint density at radius 3 is 2.73 bits per heavy atom. The predicted molar refractivity (Wildman–Crippen MR) is 104 cm³/mol. The first-order chi connectivity index (χ1) is 12.6. The lowest BCUT2D eigenvalue weighted by Crippen LogP contribution is -3.09. The minimum absolute atomic E-state index is 0.106. The molecule has 1 fully saturated rings. The van der Waals surface area contributed by atoms with Crippen LogP contribution in [0.15, 0.2) is 54.6 Å². The van der Waals surface area contributed by atoms with E-state index in [1.807, 2.05) is 35.6 Å². The quantitative estimate of drug-likeness (QED) is 0.664. The highest BCUT2D eigenvalue weighted by atomic mass is 35.5. The summed E-state index contributed by atoms with van der Waals surface area (Å²) in [5.41, 5.74) is 2.43. The second-order valence-corrected chi connectivity index (χ2v) is 7.58. The maximum Gasteiger partial charge on any atom is 0.275 e. The van der Waals surface area contributed by atoms with Crippen LogP contribution in [0.1, 0.15) is 30.5 Å². The van der Waals surface area contributed by atoms with Gasteiger partial charge in [-0.15, -0.1) is 0 Å². The first-order valence-corrected chi connectivity index (χ1v) is 9.74. The molecule has 0 aromatic heterocycles. The van der Waals surface area contributed by atoms with Gasteiger partial charge in [0.1, 0.15) is 12.6 Å². The van der Waals surface area contributed by atoms with Crippen molar-refractivity contribution in [2.75, 3.05) is 19.6 Å². The van der Waals surface area contributed by atoms with E-state index in [0.717, 1.165) is 36.6 Å². The third-order valence-corrected chi connectivity index (χ3v) is 5.44. The van der Waals surface area contributed by atoms with Crippen molar-refractivity contribution in [3.63, 3.8) is 0 Å². The summed E-state index contributed by atoms with van der Waals surface area (Å²) < 4.78 is 0. The van der Waals surface area contributed by atoms with Gasteiger partial charge in [0.25, 0.3) is 5.91 Å². The number of benzene rings is 2. The van der Waals surface area contributed by atoms with Gasteiger partial charge in [-0.1, -0.05) is 60.1 Å². The lowest BCUT2D eigenvalue weighted by molar-refractivity contribution is -0.901. The van der Waals surface area contributed by atoms with E-state index in [9.17, 15) is 4.79 Å². The molecule has 3 rings (SSSR count). The summed E-state index contributed by atoms with van der Waals surface area (Å²) in [6.07, 6.45) is 1.05. The maximum atomic E-state index is 12.3. The highest BCUT2D eigenvalue weighted by Gasteiger charge is 2.27. The van der Waals surface area contributed by atoms with Crippen LogP contribution in [0.4, 0.5) is 0 Å². The van der Waals surface area contributed by atoms with Crippen molar-refractivity contribution in [1.29, 1.82) is 0 Å². The molecule has 3 atom stereocenters. The minimum atomic E-state index is 0.106. The molecular weight excluding hydrogens is 346 g/mol. The van der Waals surface area contributed by atoms with Crippen molar-refractivity contribution in [1.82, 2.24) is 5.32 Å².